The Morgan fingerprint density at radius 2 is 2.08 bits per heavy atom. The quantitative estimate of drug-likeness (QED) is 0.913. The Balaban J connectivity index is 1.60. The van der Waals surface area contributed by atoms with Crippen molar-refractivity contribution in [2.75, 3.05) is 24.6 Å². The molecular weight excluding hydrogens is 306 g/mol. The highest BCUT2D eigenvalue weighted by Crippen LogP contribution is 2.19. The van der Waals surface area contributed by atoms with Crippen molar-refractivity contribution in [2.24, 2.45) is 0 Å². The summed E-state index contributed by atoms with van der Waals surface area (Å²) in [5, 5.41) is 3.01. The summed E-state index contributed by atoms with van der Waals surface area (Å²) in [4.78, 5) is 19.0. The number of hydrogen-bond donors (Lipinski definition) is 1. The van der Waals surface area contributed by atoms with Gasteiger partial charge in [-0.25, -0.2) is 4.98 Å². The zero-order valence-electron chi connectivity index (χ0n) is 14.7. The summed E-state index contributed by atoms with van der Waals surface area (Å²) in [7, 11) is 0. The van der Waals surface area contributed by atoms with Crippen LogP contribution in [0.5, 0.6) is 0 Å². The van der Waals surface area contributed by atoms with E-state index in [1.807, 2.05) is 19.1 Å². The summed E-state index contributed by atoms with van der Waals surface area (Å²) in [6.07, 6.45) is 4.22. The second kappa shape index (κ2) is 7.49. The SMILES string of the molecule is C[C@@H]1CN(c2ccc(C(=O)N[C@H](C)[C@@H]3CCCO3)cn2)C[C@H](C)O1. The predicted octanol–water partition coefficient (Wildman–Crippen LogP) is 1.99. The third-order valence-corrected chi connectivity index (χ3v) is 4.64. The molecule has 2 aliphatic heterocycles. The molecule has 0 aliphatic carbocycles. The van der Waals surface area contributed by atoms with Gasteiger partial charge < -0.3 is 19.7 Å². The van der Waals surface area contributed by atoms with Crippen molar-refractivity contribution >= 4 is 11.7 Å². The van der Waals surface area contributed by atoms with Crippen LogP contribution in [-0.2, 0) is 9.47 Å². The van der Waals surface area contributed by atoms with Gasteiger partial charge in [0.05, 0.1) is 29.9 Å². The van der Waals surface area contributed by atoms with Crippen LogP contribution in [0.2, 0.25) is 0 Å². The average molecular weight is 333 g/mol. The summed E-state index contributed by atoms with van der Waals surface area (Å²) in [6, 6.07) is 3.77. The van der Waals surface area contributed by atoms with Crippen molar-refractivity contribution in [3.05, 3.63) is 23.9 Å². The Hall–Kier alpha value is -1.66. The number of nitrogens with zero attached hydrogens (tertiary/aromatic N) is 2. The first-order valence-electron chi connectivity index (χ1n) is 8.82. The Bertz CT molecular complexity index is 547. The smallest absolute Gasteiger partial charge is 0.253 e. The number of carbonyl (C=O) groups excluding carboxylic acids is 1. The van der Waals surface area contributed by atoms with Crippen LogP contribution in [0.1, 0.15) is 44.0 Å². The van der Waals surface area contributed by atoms with E-state index in [1.165, 1.54) is 0 Å². The molecule has 0 spiro atoms. The molecule has 1 N–H and O–H groups in total. The molecule has 1 aromatic rings. The van der Waals surface area contributed by atoms with E-state index in [2.05, 4.69) is 29.0 Å². The number of carbonyl (C=O) groups is 1. The Kier molecular flexibility index (Phi) is 5.36. The molecule has 24 heavy (non-hydrogen) atoms. The molecule has 0 radical (unpaired) electrons. The fourth-order valence-electron chi connectivity index (χ4n) is 3.45. The number of ether oxygens (including phenoxy) is 2. The number of rotatable bonds is 4. The third-order valence-electron chi connectivity index (χ3n) is 4.64. The van der Waals surface area contributed by atoms with Crippen molar-refractivity contribution < 1.29 is 14.3 Å². The van der Waals surface area contributed by atoms with Gasteiger partial charge in [0, 0.05) is 25.9 Å². The maximum absolute atomic E-state index is 12.4. The number of pyridine rings is 1. The van der Waals surface area contributed by atoms with Gasteiger partial charge in [0.1, 0.15) is 5.82 Å². The number of anilines is 1. The lowest BCUT2D eigenvalue weighted by Crippen LogP contribution is -2.45. The first-order chi connectivity index (χ1) is 11.5. The van der Waals surface area contributed by atoms with E-state index in [4.69, 9.17) is 9.47 Å². The Morgan fingerprint density at radius 1 is 1.33 bits per heavy atom. The van der Waals surface area contributed by atoms with Gasteiger partial charge in [0.2, 0.25) is 0 Å². The van der Waals surface area contributed by atoms with E-state index in [0.717, 1.165) is 38.4 Å². The van der Waals surface area contributed by atoms with Crippen LogP contribution < -0.4 is 10.2 Å². The Morgan fingerprint density at radius 3 is 2.67 bits per heavy atom. The maximum atomic E-state index is 12.4. The summed E-state index contributed by atoms with van der Waals surface area (Å²) >= 11 is 0. The van der Waals surface area contributed by atoms with Gasteiger partial charge >= 0.3 is 0 Å². The van der Waals surface area contributed by atoms with Crippen LogP contribution >= 0.6 is 0 Å². The molecule has 0 unspecified atom stereocenters. The second-order valence-electron chi connectivity index (χ2n) is 6.88. The molecule has 2 aliphatic rings. The van der Waals surface area contributed by atoms with Gasteiger partial charge in [-0.2, -0.15) is 0 Å². The first kappa shape index (κ1) is 17.2. The number of nitrogens with one attached hydrogen (secondary N) is 1. The van der Waals surface area contributed by atoms with Crippen LogP contribution in [0.4, 0.5) is 5.82 Å². The van der Waals surface area contributed by atoms with Gasteiger partial charge in [-0.05, 0) is 45.7 Å². The van der Waals surface area contributed by atoms with Crippen LogP contribution in [0.25, 0.3) is 0 Å². The van der Waals surface area contributed by atoms with Crippen molar-refractivity contribution in [3.63, 3.8) is 0 Å². The molecule has 0 aromatic carbocycles. The van der Waals surface area contributed by atoms with Crippen LogP contribution in [0.15, 0.2) is 18.3 Å². The van der Waals surface area contributed by atoms with E-state index in [-0.39, 0.29) is 30.3 Å². The standard InChI is InChI=1S/C18H27N3O3/c1-12-10-21(11-13(2)24-12)17-7-6-15(9-19-17)18(22)20-14(3)16-5-4-8-23-16/h6-7,9,12-14,16H,4-5,8,10-11H2,1-3H3,(H,20,22)/t12-,13+,14-,16+/m1/s1. The molecule has 1 aromatic heterocycles. The molecule has 3 heterocycles. The predicted molar refractivity (Wildman–Crippen MR) is 92.4 cm³/mol. The minimum atomic E-state index is -0.0965. The molecule has 3 rings (SSSR count). The largest absolute Gasteiger partial charge is 0.376 e. The number of hydrogen-bond acceptors (Lipinski definition) is 5. The molecule has 2 saturated heterocycles. The zero-order chi connectivity index (χ0) is 17.1. The molecule has 6 nitrogen and oxygen atoms in total. The molecule has 6 heteroatoms. The van der Waals surface area contributed by atoms with Crippen molar-refractivity contribution in [1.29, 1.82) is 0 Å². The van der Waals surface area contributed by atoms with Gasteiger partial charge in [-0.1, -0.05) is 0 Å². The molecule has 4 atom stereocenters. The summed E-state index contributed by atoms with van der Waals surface area (Å²) < 4.78 is 11.4. The van der Waals surface area contributed by atoms with Gasteiger partial charge in [-0.15, -0.1) is 0 Å². The lowest BCUT2D eigenvalue weighted by atomic mass is 10.1. The van der Waals surface area contributed by atoms with Crippen LogP contribution in [0, 0.1) is 0 Å². The lowest BCUT2D eigenvalue weighted by Gasteiger charge is -2.36. The monoisotopic (exact) mass is 333 g/mol. The van der Waals surface area contributed by atoms with Gasteiger partial charge in [-0.3, -0.25) is 4.79 Å². The average Bonchev–Trinajstić information content (AvgIpc) is 3.08. The zero-order valence-corrected chi connectivity index (χ0v) is 14.7. The van der Waals surface area contributed by atoms with Gasteiger partial charge in [0.25, 0.3) is 5.91 Å². The number of morpholine rings is 1. The maximum Gasteiger partial charge on any atom is 0.253 e. The van der Waals surface area contributed by atoms with Crippen molar-refractivity contribution in [1.82, 2.24) is 10.3 Å². The fourth-order valence-corrected chi connectivity index (χ4v) is 3.45. The molecule has 1 amide bonds. The minimum absolute atomic E-state index is 0.0145. The lowest BCUT2D eigenvalue weighted by molar-refractivity contribution is -0.00546. The highest BCUT2D eigenvalue weighted by Gasteiger charge is 2.25. The topological polar surface area (TPSA) is 63.7 Å². The van der Waals surface area contributed by atoms with Crippen LogP contribution in [-0.4, -0.2) is 54.9 Å². The molecule has 0 bridgehead atoms. The number of aromatic nitrogens is 1. The van der Waals surface area contributed by atoms with E-state index in [1.54, 1.807) is 6.20 Å². The fraction of sp³-hybridized carbons (Fsp3) is 0.667. The molecule has 0 saturated carbocycles. The van der Waals surface area contributed by atoms with E-state index in [0.29, 0.717) is 5.56 Å². The van der Waals surface area contributed by atoms with E-state index in [9.17, 15) is 4.79 Å². The van der Waals surface area contributed by atoms with Crippen molar-refractivity contribution in [2.45, 2.75) is 58.0 Å². The summed E-state index contributed by atoms with van der Waals surface area (Å²) in [5.41, 5.74) is 0.581. The normalized spacial score (nSPS) is 28.6. The highest BCUT2D eigenvalue weighted by molar-refractivity contribution is 5.94. The number of amides is 1. The van der Waals surface area contributed by atoms with Crippen LogP contribution in [0.3, 0.4) is 0 Å². The Labute approximate surface area is 143 Å². The second-order valence-corrected chi connectivity index (χ2v) is 6.88. The molecular formula is C18H27N3O3. The van der Waals surface area contributed by atoms with Gasteiger partial charge in [0.15, 0.2) is 0 Å². The molecule has 132 valence electrons. The third kappa shape index (κ3) is 4.05. The van der Waals surface area contributed by atoms with E-state index < -0.39 is 0 Å². The highest BCUT2D eigenvalue weighted by atomic mass is 16.5. The van der Waals surface area contributed by atoms with Crippen molar-refractivity contribution in [3.8, 4) is 0 Å². The first-order valence-corrected chi connectivity index (χ1v) is 8.82. The minimum Gasteiger partial charge on any atom is -0.376 e. The summed E-state index contributed by atoms with van der Waals surface area (Å²) in [5.74, 6) is 0.793. The van der Waals surface area contributed by atoms with E-state index >= 15 is 0 Å². The molecule has 2 fully saturated rings. The summed E-state index contributed by atoms with van der Waals surface area (Å²) in [6.45, 7) is 8.55.